The molecular formula is C24H30N6. The molecule has 1 fully saturated rings. The van der Waals surface area contributed by atoms with E-state index in [2.05, 4.69) is 68.1 Å². The van der Waals surface area contributed by atoms with E-state index in [1.54, 1.807) is 0 Å². The van der Waals surface area contributed by atoms with Crippen LogP contribution >= 0.6 is 0 Å². The summed E-state index contributed by atoms with van der Waals surface area (Å²) in [5, 5.41) is 0. The van der Waals surface area contributed by atoms with E-state index in [-0.39, 0.29) is 0 Å². The maximum Gasteiger partial charge on any atom is 0.225 e. The summed E-state index contributed by atoms with van der Waals surface area (Å²) in [4.78, 5) is 21.0. The fourth-order valence-electron chi connectivity index (χ4n) is 3.73. The van der Waals surface area contributed by atoms with Gasteiger partial charge >= 0.3 is 0 Å². The highest BCUT2D eigenvalue weighted by Gasteiger charge is 2.17. The van der Waals surface area contributed by atoms with Gasteiger partial charge < -0.3 is 9.80 Å². The Kier molecular flexibility index (Phi) is 7.00. The maximum atomic E-state index is 4.89. The predicted molar refractivity (Wildman–Crippen MR) is 120 cm³/mol. The summed E-state index contributed by atoms with van der Waals surface area (Å²) in [7, 11) is 2.16. The summed E-state index contributed by atoms with van der Waals surface area (Å²) in [5.41, 5.74) is 3.49. The molecule has 0 spiro atoms. The molecule has 3 heterocycles. The number of nitrogens with zero attached hydrogens (tertiary/aromatic N) is 6. The molecule has 156 valence electrons. The van der Waals surface area contributed by atoms with Crippen molar-refractivity contribution in [2.75, 3.05) is 44.7 Å². The Morgan fingerprint density at radius 3 is 2.33 bits per heavy atom. The van der Waals surface area contributed by atoms with Crippen molar-refractivity contribution >= 4 is 5.95 Å². The highest BCUT2D eigenvalue weighted by atomic mass is 15.3. The minimum Gasteiger partial charge on any atom is -0.338 e. The summed E-state index contributed by atoms with van der Waals surface area (Å²) in [6, 6.07) is 18.8. The van der Waals surface area contributed by atoms with Crippen LogP contribution in [-0.2, 0) is 19.5 Å². The van der Waals surface area contributed by atoms with Crippen molar-refractivity contribution in [3.8, 4) is 0 Å². The van der Waals surface area contributed by atoms with Gasteiger partial charge in [-0.05, 0) is 37.2 Å². The van der Waals surface area contributed by atoms with E-state index in [0.29, 0.717) is 0 Å². The minimum absolute atomic E-state index is 0.784. The van der Waals surface area contributed by atoms with Gasteiger partial charge in [-0.25, -0.2) is 9.97 Å². The van der Waals surface area contributed by atoms with Gasteiger partial charge in [0.1, 0.15) is 0 Å². The highest BCUT2D eigenvalue weighted by Crippen LogP contribution is 2.14. The van der Waals surface area contributed by atoms with Gasteiger partial charge in [0.05, 0.1) is 11.4 Å². The first-order chi connectivity index (χ1) is 14.8. The standard InChI is InChI=1S/C24H30N6/c1-28-15-17-30(18-16-28)24-26-13-10-23(27-24)20-29(19-22-9-5-6-12-25-22)14-11-21-7-3-2-4-8-21/h2-10,12-13H,11,14-20H2,1H3. The molecule has 0 atom stereocenters. The third-order valence-corrected chi connectivity index (χ3v) is 5.54. The zero-order chi connectivity index (χ0) is 20.6. The molecule has 0 amide bonds. The molecule has 4 rings (SSSR count). The first kappa shape index (κ1) is 20.4. The van der Waals surface area contributed by atoms with E-state index in [1.165, 1.54) is 5.56 Å². The Balaban J connectivity index is 1.45. The van der Waals surface area contributed by atoms with E-state index in [9.17, 15) is 0 Å². The summed E-state index contributed by atoms with van der Waals surface area (Å²) >= 11 is 0. The number of aromatic nitrogens is 3. The quantitative estimate of drug-likeness (QED) is 0.577. The van der Waals surface area contributed by atoms with Crippen molar-refractivity contribution in [3.63, 3.8) is 0 Å². The molecule has 2 aromatic heterocycles. The smallest absolute Gasteiger partial charge is 0.225 e. The molecule has 6 heteroatoms. The number of pyridine rings is 1. The fourth-order valence-corrected chi connectivity index (χ4v) is 3.73. The van der Waals surface area contributed by atoms with E-state index in [0.717, 1.165) is 69.6 Å². The van der Waals surface area contributed by atoms with Crippen LogP contribution in [0.3, 0.4) is 0 Å². The van der Waals surface area contributed by atoms with E-state index in [1.807, 2.05) is 30.6 Å². The largest absolute Gasteiger partial charge is 0.338 e. The van der Waals surface area contributed by atoms with Crippen LogP contribution in [0.2, 0.25) is 0 Å². The molecule has 1 aliphatic heterocycles. The lowest BCUT2D eigenvalue weighted by Crippen LogP contribution is -2.45. The summed E-state index contributed by atoms with van der Waals surface area (Å²) < 4.78 is 0. The molecule has 6 nitrogen and oxygen atoms in total. The predicted octanol–water partition coefficient (Wildman–Crippen LogP) is 2.87. The summed E-state index contributed by atoms with van der Waals surface area (Å²) in [6.07, 6.45) is 4.76. The Morgan fingerprint density at radius 1 is 0.800 bits per heavy atom. The third-order valence-electron chi connectivity index (χ3n) is 5.54. The first-order valence-corrected chi connectivity index (χ1v) is 10.7. The number of hydrogen-bond donors (Lipinski definition) is 0. The van der Waals surface area contributed by atoms with Gasteiger partial charge in [0.15, 0.2) is 0 Å². The minimum atomic E-state index is 0.784. The van der Waals surface area contributed by atoms with Gasteiger partial charge in [-0.2, -0.15) is 0 Å². The van der Waals surface area contributed by atoms with Crippen LogP contribution in [0.25, 0.3) is 0 Å². The molecular weight excluding hydrogens is 372 g/mol. The van der Waals surface area contributed by atoms with E-state index in [4.69, 9.17) is 4.98 Å². The van der Waals surface area contributed by atoms with Gasteiger partial charge in [-0.1, -0.05) is 36.4 Å². The van der Waals surface area contributed by atoms with Crippen LogP contribution in [-0.4, -0.2) is 64.5 Å². The molecule has 0 unspecified atom stereocenters. The van der Waals surface area contributed by atoms with Crippen molar-refractivity contribution in [2.45, 2.75) is 19.5 Å². The second-order valence-corrected chi connectivity index (χ2v) is 7.91. The molecule has 1 aliphatic rings. The number of likely N-dealkylation sites (N-methyl/N-ethyl adjacent to an activating group) is 1. The lowest BCUT2D eigenvalue weighted by atomic mass is 10.1. The van der Waals surface area contributed by atoms with Crippen molar-refractivity contribution in [2.24, 2.45) is 0 Å². The lowest BCUT2D eigenvalue weighted by molar-refractivity contribution is 0.253. The first-order valence-electron chi connectivity index (χ1n) is 10.7. The molecule has 0 saturated carbocycles. The number of hydrogen-bond acceptors (Lipinski definition) is 6. The molecule has 0 aliphatic carbocycles. The monoisotopic (exact) mass is 402 g/mol. The van der Waals surface area contributed by atoms with Crippen molar-refractivity contribution < 1.29 is 0 Å². The van der Waals surface area contributed by atoms with Crippen LogP contribution in [0.4, 0.5) is 5.95 Å². The van der Waals surface area contributed by atoms with Crippen LogP contribution in [0.1, 0.15) is 17.0 Å². The molecule has 1 saturated heterocycles. The average molecular weight is 403 g/mol. The highest BCUT2D eigenvalue weighted by molar-refractivity contribution is 5.31. The number of piperazine rings is 1. The van der Waals surface area contributed by atoms with Crippen LogP contribution in [0, 0.1) is 0 Å². The Labute approximate surface area is 179 Å². The van der Waals surface area contributed by atoms with Crippen molar-refractivity contribution in [1.29, 1.82) is 0 Å². The molecule has 1 aromatic carbocycles. The average Bonchev–Trinajstić information content (AvgIpc) is 2.79. The Bertz CT molecular complexity index is 894. The molecule has 0 N–H and O–H groups in total. The summed E-state index contributed by atoms with van der Waals surface area (Å²) in [5.74, 6) is 0.849. The fraction of sp³-hybridized carbons (Fsp3) is 0.375. The second-order valence-electron chi connectivity index (χ2n) is 7.91. The Morgan fingerprint density at radius 2 is 1.57 bits per heavy atom. The van der Waals surface area contributed by atoms with Crippen LogP contribution < -0.4 is 4.90 Å². The zero-order valence-electron chi connectivity index (χ0n) is 17.7. The Hall–Kier alpha value is -2.83. The van der Waals surface area contributed by atoms with Crippen LogP contribution in [0.15, 0.2) is 67.0 Å². The molecule has 3 aromatic rings. The molecule has 0 radical (unpaired) electrons. The van der Waals surface area contributed by atoms with E-state index >= 15 is 0 Å². The molecule has 0 bridgehead atoms. The van der Waals surface area contributed by atoms with Crippen LogP contribution in [0.5, 0.6) is 0 Å². The van der Waals surface area contributed by atoms with Gasteiger partial charge in [0, 0.05) is 58.2 Å². The number of benzene rings is 1. The molecule has 30 heavy (non-hydrogen) atoms. The normalized spacial score (nSPS) is 14.9. The number of rotatable bonds is 8. The van der Waals surface area contributed by atoms with Gasteiger partial charge in [-0.15, -0.1) is 0 Å². The van der Waals surface area contributed by atoms with Crippen molar-refractivity contribution in [1.82, 2.24) is 24.8 Å². The number of anilines is 1. The van der Waals surface area contributed by atoms with Gasteiger partial charge in [-0.3, -0.25) is 9.88 Å². The van der Waals surface area contributed by atoms with Gasteiger partial charge in [0.2, 0.25) is 5.95 Å². The zero-order valence-corrected chi connectivity index (χ0v) is 17.7. The third kappa shape index (κ3) is 5.84. The van der Waals surface area contributed by atoms with Gasteiger partial charge in [0.25, 0.3) is 0 Å². The SMILES string of the molecule is CN1CCN(c2nccc(CN(CCc3ccccc3)Cc3ccccn3)n2)CC1. The topological polar surface area (TPSA) is 48.4 Å². The van der Waals surface area contributed by atoms with E-state index < -0.39 is 0 Å². The summed E-state index contributed by atoms with van der Waals surface area (Å²) in [6.45, 7) is 6.60. The maximum absolute atomic E-state index is 4.89. The second kappa shape index (κ2) is 10.3. The van der Waals surface area contributed by atoms with Crippen molar-refractivity contribution in [3.05, 3.63) is 83.9 Å². The lowest BCUT2D eigenvalue weighted by Gasteiger charge is -2.32.